The summed E-state index contributed by atoms with van der Waals surface area (Å²) in [5.74, 6) is 0. The number of nitrogens with one attached hydrogen (secondary N) is 1. The molecule has 1 aliphatic rings. The first-order valence-electron chi connectivity index (χ1n) is 1.73. The van der Waals surface area contributed by atoms with E-state index < -0.39 is 0 Å². The average Bonchev–Trinajstić information content (AvgIpc) is 1.72. The topological polar surface area (TPSA) is 36.8 Å². The van der Waals surface area contributed by atoms with Gasteiger partial charge in [-0.1, -0.05) is 0 Å². The summed E-state index contributed by atoms with van der Waals surface area (Å²) in [6, 6.07) is 0. The Morgan fingerprint density at radius 1 is 1.29 bits per heavy atom. The standard InChI is InChI=1S/C3H5N3.ClH/c1-4-2-6-3-5-1;/h1-2H,3H2,(H,4,5,6);1H. The molecule has 0 aromatic rings. The van der Waals surface area contributed by atoms with Crippen molar-refractivity contribution >= 4 is 25.1 Å². The lowest BCUT2D eigenvalue weighted by Crippen LogP contribution is -2.11. The Morgan fingerprint density at radius 2 is 1.86 bits per heavy atom. The SMILES string of the molecule is C1=NCN=CN1.Cl. The van der Waals surface area contributed by atoms with Crippen molar-refractivity contribution in [2.45, 2.75) is 0 Å². The molecule has 40 valence electrons. The minimum Gasteiger partial charge on any atom is -0.338 e. The van der Waals surface area contributed by atoms with Gasteiger partial charge in [-0.2, -0.15) is 0 Å². The van der Waals surface area contributed by atoms with Crippen LogP contribution >= 0.6 is 12.4 Å². The minimum absolute atomic E-state index is 0. The highest BCUT2D eigenvalue weighted by molar-refractivity contribution is 5.85. The molecule has 0 radical (unpaired) electrons. The van der Waals surface area contributed by atoms with Crippen molar-refractivity contribution in [3.63, 3.8) is 0 Å². The van der Waals surface area contributed by atoms with E-state index in [0.29, 0.717) is 6.67 Å². The van der Waals surface area contributed by atoms with Crippen molar-refractivity contribution in [2.24, 2.45) is 9.98 Å². The van der Waals surface area contributed by atoms with Gasteiger partial charge in [-0.3, -0.25) is 9.98 Å². The Hall–Kier alpha value is -0.570. The molecule has 0 aromatic heterocycles. The number of rotatable bonds is 0. The third-order valence-corrected chi connectivity index (χ3v) is 0.495. The van der Waals surface area contributed by atoms with Gasteiger partial charge in [0, 0.05) is 0 Å². The van der Waals surface area contributed by atoms with Crippen molar-refractivity contribution < 1.29 is 0 Å². The highest BCUT2D eigenvalue weighted by Gasteiger charge is 1.74. The van der Waals surface area contributed by atoms with Gasteiger partial charge in [0.1, 0.15) is 6.67 Å². The number of halogens is 1. The smallest absolute Gasteiger partial charge is 0.132 e. The molecule has 0 saturated heterocycles. The van der Waals surface area contributed by atoms with E-state index in [1.165, 1.54) is 0 Å². The molecule has 3 nitrogen and oxygen atoms in total. The maximum Gasteiger partial charge on any atom is 0.132 e. The van der Waals surface area contributed by atoms with Gasteiger partial charge in [0.2, 0.25) is 0 Å². The second-order valence-electron chi connectivity index (χ2n) is 0.931. The van der Waals surface area contributed by atoms with Gasteiger partial charge in [0.05, 0.1) is 12.7 Å². The lowest BCUT2D eigenvalue weighted by Gasteiger charge is -1.91. The zero-order chi connectivity index (χ0) is 4.24. The van der Waals surface area contributed by atoms with Crippen LogP contribution in [0.2, 0.25) is 0 Å². The van der Waals surface area contributed by atoms with Crippen LogP contribution in [0.4, 0.5) is 0 Å². The largest absolute Gasteiger partial charge is 0.338 e. The maximum absolute atomic E-state index is 3.74. The van der Waals surface area contributed by atoms with Crippen LogP contribution in [0.5, 0.6) is 0 Å². The fourth-order valence-corrected chi connectivity index (χ4v) is 0.268. The van der Waals surface area contributed by atoms with E-state index in [1.807, 2.05) is 0 Å². The Balaban J connectivity index is 0.000000360. The van der Waals surface area contributed by atoms with Gasteiger partial charge < -0.3 is 5.32 Å². The first kappa shape index (κ1) is 6.43. The summed E-state index contributed by atoms with van der Waals surface area (Å²) < 4.78 is 0. The van der Waals surface area contributed by atoms with Gasteiger partial charge >= 0.3 is 0 Å². The van der Waals surface area contributed by atoms with Crippen LogP contribution in [0.3, 0.4) is 0 Å². The third-order valence-electron chi connectivity index (χ3n) is 0.495. The molecule has 0 saturated carbocycles. The van der Waals surface area contributed by atoms with E-state index in [0.717, 1.165) is 0 Å². The van der Waals surface area contributed by atoms with Crippen LogP contribution in [0.1, 0.15) is 0 Å². The predicted octanol–water partition coefficient (Wildman–Crippen LogP) is 0.0255. The van der Waals surface area contributed by atoms with Crippen LogP contribution < -0.4 is 5.32 Å². The second kappa shape index (κ2) is 3.61. The van der Waals surface area contributed by atoms with Gasteiger partial charge in [-0.05, 0) is 0 Å². The summed E-state index contributed by atoms with van der Waals surface area (Å²) in [7, 11) is 0. The normalized spacial score (nSPS) is 14.9. The number of aliphatic imine (C=N–C) groups is 2. The summed E-state index contributed by atoms with van der Waals surface area (Å²) in [6.07, 6.45) is 3.24. The van der Waals surface area contributed by atoms with Crippen molar-refractivity contribution in [1.82, 2.24) is 5.32 Å². The molecule has 0 fully saturated rings. The minimum atomic E-state index is 0. The summed E-state index contributed by atoms with van der Waals surface area (Å²) in [5.41, 5.74) is 0. The van der Waals surface area contributed by atoms with Crippen LogP contribution in [0.15, 0.2) is 9.98 Å². The Bertz CT molecular complexity index is 68.2. The van der Waals surface area contributed by atoms with Crippen LogP contribution in [-0.2, 0) is 0 Å². The lowest BCUT2D eigenvalue weighted by molar-refractivity contribution is 1.04. The maximum atomic E-state index is 3.74. The fourth-order valence-electron chi connectivity index (χ4n) is 0.268. The van der Waals surface area contributed by atoms with E-state index >= 15 is 0 Å². The number of nitrogens with zero attached hydrogens (tertiary/aromatic N) is 2. The van der Waals surface area contributed by atoms with E-state index in [2.05, 4.69) is 15.3 Å². The van der Waals surface area contributed by atoms with Gasteiger partial charge in [0.15, 0.2) is 0 Å². The first-order valence-corrected chi connectivity index (χ1v) is 1.73. The molecule has 0 atom stereocenters. The summed E-state index contributed by atoms with van der Waals surface area (Å²) in [4.78, 5) is 7.49. The molecule has 1 heterocycles. The van der Waals surface area contributed by atoms with Crippen molar-refractivity contribution in [3.8, 4) is 0 Å². The van der Waals surface area contributed by atoms with Crippen LogP contribution in [-0.4, -0.2) is 19.3 Å². The molecule has 0 spiro atoms. The zero-order valence-corrected chi connectivity index (χ0v) is 4.48. The van der Waals surface area contributed by atoms with E-state index in [-0.39, 0.29) is 12.4 Å². The Kier molecular flexibility index (Phi) is 3.32. The molecular weight excluding hydrogens is 114 g/mol. The van der Waals surface area contributed by atoms with Gasteiger partial charge in [-0.25, -0.2) is 0 Å². The van der Waals surface area contributed by atoms with Crippen LogP contribution in [0, 0.1) is 0 Å². The zero-order valence-electron chi connectivity index (χ0n) is 3.66. The summed E-state index contributed by atoms with van der Waals surface area (Å²) in [5, 5.41) is 2.70. The molecular formula is C3H6ClN3. The first-order chi connectivity index (χ1) is 3.00. The summed E-state index contributed by atoms with van der Waals surface area (Å²) in [6.45, 7) is 0.576. The highest BCUT2D eigenvalue weighted by Crippen LogP contribution is 1.69. The molecule has 1 rings (SSSR count). The third kappa shape index (κ3) is 2.17. The molecule has 1 aliphatic heterocycles. The monoisotopic (exact) mass is 119 g/mol. The number of hydrogen-bond donors (Lipinski definition) is 1. The second-order valence-corrected chi connectivity index (χ2v) is 0.931. The molecule has 4 heteroatoms. The Morgan fingerprint density at radius 3 is 2.00 bits per heavy atom. The van der Waals surface area contributed by atoms with Crippen molar-refractivity contribution in [2.75, 3.05) is 6.67 Å². The van der Waals surface area contributed by atoms with E-state index in [4.69, 9.17) is 0 Å². The molecule has 0 bridgehead atoms. The predicted molar refractivity (Wildman–Crippen MR) is 32.2 cm³/mol. The number of hydrogen-bond acceptors (Lipinski definition) is 3. The quantitative estimate of drug-likeness (QED) is 0.480. The average molecular weight is 120 g/mol. The Labute approximate surface area is 48.0 Å². The molecule has 0 aromatic carbocycles. The lowest BCUT2D eigenvalue weighted by atomic mass is 10.9. The molecule has 0 amide bonds. The van der Waals surface area contributed by atoms with Gasteiger partial charge in [-0.15, -0.1) is 12.4 Å². The van der Waals surface area contributed by atoms with Crippen LogP contribution in [0.25, 0.3) is 0 Å². The summed E-state index contributed by atoms with van der Waals surface area (Å²) >= 11 is 0. The van der Waals surface area contributed by atoms with E-state index in [9.17, 15) is 0 Å². The molecule has 0 aliphatic carbocycles. The molecule has 0 unspecified atom stereocenters. The van der Waals surface area contributed by atoms with Gasteiger partial charge in [0.25, 0.3) is 0 Å². The molecule has 1 N–H and O–H groups in total. The highest BCUT2D eigenvalue weighted by atomic mass is 35.5. The fraction of sp³-hybridized carbons (Fsp3) is 0.333. The molecule has 7 heavy (non-hydrogen) atoms. The van der Waals surface area contributed by atoms with Crippen molar-refractivity contribution in [3.05, 3.63) is 0 Å². The van der Waals surface area contributed by atoms with E-state index in [1.54, 1.807) is 12.7 Å². The van der Waals surface area contributed by atoms with Crippen molar-refractivity contribution in [1.29, 1.82) is 0 Å².